The summed E-state index contributed by atoms with van der Waals surface area (Å²) < 4.78 is 15.1. The van der Waals surface area contributed by atoms with Crippen LogP contribution in [0.2, 0.25) is 0 Å². The summed E-state index contributed by atoms with van der Waals surface area (Å²) in [5.74, 6) is -0.388. The van der Waals surface area contributed by atoms with Crippen LogP contribution in [0.5, 0.6) is 0 Å². The lowest BCUT2D eigenvalue weighted by Gasteiger charge is -2.36. The predicted octanol–water partition coefficient (Wildman–Crippen LogP) is 4.21. The Balaban J connectivity index is 1.24. The molecule has 33 heavy (non-hydrogen) atoms. The summed E-state index contributed by atoms with van der Waals surface area (Å²) in [6.45, 7) is 5.89. The highest BCUT2D eigenvalue weighted by atomic mass is 32.1. The molecule has 0 aliphatic carbocycles. The van der Waals surface area contributed by atoms with Gasteiger partial charge in [-0.25, -0.2) is 4.39 Å². The monoisotopic (exact) mass is 464 g/mol. The van der Waals surface area contributed by atoms with Gasteiger partial charge in [0.25, 0.3) is 0 Å². The van der Waals surface area contributed by atoms with Crippen LogP contribution >= 0.6 is 11.3 Å². The fraction of sp³-hybridized carbons (Fsp3) is 0.280. The molecule has 1 amide bonds. The van der Waals surface area contributed by atoms with Crippen LogP contribution in [0.1, 0.15) is 12.5 Å². The van der Waals surface area contributed by atoms with Crippen molar-refractivity contribution in [1.82, 2.24) is 9.88 Å². The second kappa shape index (κ2) is 8.96. The standard InChI is InChI=1S/C25H25FN4O2S/c1-16(31)27-22-15-25(32)28-21-12-17(2-3-19(21)22)4-6-29-7-9-30(10-8-29)23-13-18(26)14-24-20(23)5-11-33-24/h2-3,5,11-15H,4,6-10H2,1H3,(H2,27,28,31,32). The Morgan fingerprint density at radius 3 is 2.70 bits per heavy atom. The molecule has 170 valence electrons. The highest BCUT2D eigenvalue weighted by Crippen LogP contribution is 2.32. The Hall–Kier alpha value is -3.23. The highest BCUT2D eigenvalue weighted by Gasteiger charge is 2.20. The number of aromatic amines is 1. The molecule has 1 fully saturated rings. The molecule has 1 saturated heterocycles. The highest BCUT2D eigenvalue weighted by molar-refractivity contribution is 7.17. The summed E-state index contributed by atoms with van der Waals surface area (Å²) in [4.78, 5) is 31.0. The van der Waals surface area contributed by atoms with Crippen molar-refractivity contribution >= 4 is 49.6 Å². The van der Waals surface area contributed by atoms with Crippen molar-refractivity contribution in [1.29, 1.82) is 0 Å². The number of benzene rings is 2. The molecule has 2 N–H and O–H groups in total. The van der Waals surface area contributed by atoms with E-state index in [9.17, 15) is 14.0 Å². The van der Waals surface area contributed by atoms with E-state index in [1.54, 1.807) is 23.5 Å². The van der Waals surface area contributed by atoms with E-state index >= 15 is 0 Å². The Morgan fingerprint density at radius 1 is 1.09 bits per heavy atom. The van der Waals surface area contributed by atoms with Gasteiger partial charge in [0.05, 0.1) is 11.2 Å². The van der Waals surface area contributed by atoms with Crippen molar-refractivity contribution in [2.24, 2.45) is 0 Å². The van der Waals surface area contributed by atoms with E-state index in [1.807, 2.05) is 23.6 Å². The summed E-state index contributed by atoms with van der Waals surface area (Å²) in [6, 6.07) is 12.7. The molecule has 0 unspecified atom stereocenters. The number of rotatable bonds is 5. The zero-order valence-electron chi connectivity index (χ0n) is 18.4. The van der Waals surface area contributed by atoms with E-state index in [1.165, 1.54) is 13.0 Å². The fourth-order valence-corrected chi connectivity index (χ4v) is 5.37. The number of halogens is 1. The molecule has 6 nitrogen and oxygen atoms in total. The van der Waals surface area contributed by atoms with Gasteiger partial charge in [-0.15, -0.1) is 11.3 Å². The summed E-state index contributed by atoms with van der Waals surface area (Å²) >= 11 is 1.57. The molecular formula is C25H25FN4O2S. The summed E-state index contributed by atoms with van der Waals surface area (Å²) in [7, 11) is 0. The van der Waals surface area contributed by atoms with Crippen LogP contribution in [-0.2, 0) is 11.2 Å². The number of anilines is 2. The number of hydrogen-bond acceptors (Lipinski definition) is 5. The Bertz CT molecular complexity index is 1390. The van der Waals surface area contributed by atoms with Gasteiger partial charge in [0.1, 0.15) is 5.82 Å². The van der Waals surface area contributed by atoms with E-state index in [0.717, 1.165) is 71.4 Å². The number of carbonyl (C=O) groups is 1. The van der Waals surface area contributed by atoms with Crippen LogP contribution in [0.15, 0.2) is 52.6 Å². The SMILES string of the molecule is CC(=O)Nc1cc(=O)[nH]c2cc(CCN3CCN(c4cc(F)cc5sccc45)CC3)ccc12. The van der Waals surface area contributed by atoms with Gasteiger partial charge in [0.2, 0.25) is 11.5 Å². The third-order valence-corrected chi connectivity index (χ3v) is 7.03. The molecule has 0 spiro atoms. The largest absolute Gasteiger partial charge is 0.368 e. The number of hydrogen-bond donors (Lipinski definition) is 2. The molecule has 2 aromatic heterocycles. The number of amides is 1. The summed E-state index contributed by atoms with van der Waals surface area (Å²) in [6.07, 6.45) is 0.858. The molecule has 8 heteroatoms. The van der Waals surface area contributed by atoms with Gasteiger partial charge in [-0.3, -0.25) is 14.5 Å². The molecule has 0 atom stereocenters. The third kappa shape index (κ3) is 4.62. The number of H-pyrrole nitrogens is 1. The zero-order valence-corrected chi connectivity index (χ0v) is 19.2. The quantitative estimate of drug-likeness (QED) is 0.464. The minimum absolute atomic E-state index is 0.182. The number of aromatic nitrogens is 1. The lowest BCUT2D eigenvalue weighted by molar-refractivity contribution is -0.114. The van der Waals surface area contributed by atoms with Crippen LogP contribution in [0, 0.1) is 5.82 Å². The zero-order chi connectivity index (χ0) is 22.9. The first-order chi connectivity index (χ1) is 16.0. The van der Waals surface area contributed by atoms with Gasteiger partial charge in [0, 0.05) is 66.9 Å². The predicted molar refractivity (Wildman–Crippen MR) is 133 cm³/mol. The first kappa shape index (κ1) is 21.6. The maximum absolute atomic E-state index is 14.1. The van der Waals surface area contributed by atoms with Crippen LogP contribution in [-0.4, -0.2) is 48.5 Å². The molecule has 0 saturated carbocycles. The summed E-state index contributed by atoms with van der Waals surface area (Å²) in [5, 5.41) is 6.68. The topological polar surface area (TPSA) is 68.4 Å². The van der Waals surface area contributed by atoms with Gasteiger partial charge in [0.15, 0.2) is 0 Å². The normalized spacial score (nSPS) is 14.8. The van der Waals surface area contributed by atoms with E-state index < -0.39 is 0 Å². The average Bonchev–Trinajstić information content (AvgIpc) is 3.25. The molecule has 1 aliphatic rings. The number of fused-ring (bicyclic) bond motifs is 2. The van der Waals surface area contributed by atoms with Crippen LogP contribution < -0.4 is 15.8 Å². The van der Waals surface area contributed by atoms with E-state index in [4.69, 9.17) is 0 Å². The number of piperazine rings is 1. The minimum atomic E-state index is -0.239. The molecule has 4 aromatic rings. The molecule has 5 rings (SSSR count). The van der Waals surface area contributed by atoms with Gasteiger partial charge >= 0.3 is 0 Å². The van der Waals surface area contributed by atoms with Crippen molar-refractivity contribution < 1.29 is 9.18 Å². The van der Waals surface area contributed by atoms with Gasteiger partial charge in [-0.1, -0.05) is 12.1 Å². The fourth-order valence-electron chi connectivity index (χ4n) is 4.54. The molecule has 0 bridgehead atoms. The van der Waals surface area contributed by atoms with Crippen LogP contribution in [0.25, 0.3) is 21.0 Å². The van der Waals surface area contributed by atoms with Gasteiger partial charge in [-0.2, -0.15) is 0 Å². The smallest absolute Gasteiger partial charge is 0.250 e. The van der Waals surface area contributed by atoms with Gasteiger partial charge in [-0.05, 0) is 41.6 Å². The Kier molecular flexibility index (Phi) is 5.86. The summed E-state index contributed by atoms with van der Waals surface area (Å²) in [5.41, 5.74) is 3.13. The number of nitrogens with zero attached hydrogens (tertiary/aromatic N) is 2. The van der Waals surface area contributed by atoms with Crippen molar-refractivity contribution in [2.45, 2.75) is 13.3 Å². The Labute approximate surface area is 194 Å². The van der Waals surface area contributed by atoms with Gasteiger partial charge < -0.3 is 15.2 Å². The van der Waals surface area contributed by atoms with E-state index in [0.29, 0.717) is 5.69 Å². The molecule has 0 radical (unpaired) electrons. The van der Waals surface area contributed by atoms with Crippen molar-refractivity contribution in [2.75, 3.05) is 42.9 Å². The minimum Gasteiger partial charge on any atom is -0.368 e. The maximum Gasteiger partial charge on any atom is 0.250 e. The van der Waals surface area contributed by atoms with E-state index in [2.05, 4.69) is 26.2 Å². The lowest BCUT2D eigenvalue weighted by Crippen LogP contribution is -2.47. The number of pyridine rings is 1. The second-order valence-electron chi connectivity index (χ2n) is 8.44. The maximum atomic E-state index is 14.1. The molecule has 2 aromatic carbocycles. The average molecular weight is 465 g/mol. The molecule has 3 heterocycles. The van der Waals surface area contributed by atoms with Crippen molar-refractivity contribution in [3.05, 3.63) is 69.6 Å². The second-order valence-corrected chi connectivity index (χ2v) is 9.39. The Morgan fingerprint density at radius 2 is 1.91 bits per heavy atom. The first-order valence-electron chi connectivity index (χ1n) is 11.0. The number of nitrogens with one attached hydrogen (secondary N) is 2. The lowest BCUT2D eigenvalue weighted by atomic mass is 10.1. The number of thiophene rings is 1. The first-order valence-corrected chi connectivity index (χ1v) is 11.9. The van der Waals surface area contributed by atoms with Crippen molar-refractivity contribution in [3.8, 4) is 0 Å². The molecule has 1 aliphatic heterocycles. The van der Waals surface area contributed by atoms with E-state index in [-0.39, 0.29) is 17.3 Å². The molecular weight excluding hydrogens is 439 g/mol. The third-order valence-electron chi connectivity index (χ3n) is 6.16. The van der Waals surface area contributed by atoms with Crippen molar-refractivity contribution in [3.63, 3.8) is 0 Å². The van der Waals surface area contributed by atoms with Crippen LogP contribution in [0.3, 0.4) is 0 Å². The van der Waals surface area contributed by atoms with Crippen LogP contribution in [0.4, 0.5) is 15.8 Å². The number of carbonyl (C=O) groups excluding carboxylic acids is 1.